The van der Waals surface area contributed by atoms with Gasteiger partial charge in [-0.3, -0.25) is 4.90 Å². The minimum atomic E-state index is 0.528. The number of nitrogens with zero attached hydrogens (tertiary/aromatic N) is 4. The molecule has 38 heavy (non-hydrogen) atoms. The van der Waals surface area contributed by atoms with Crippen molar-refractivity contribution in [3.63, 3.8) is 0 Å². The maximum atomic E-state index is 5.98. The summed E-state index contributed by atoms with van der Waals surface area (Å²) in [6, 6.07) is 17.1. The SMILES string of the molecule is COc1cccc(CN(Cc2cccc(N3CCOCC3)c2)c2nc(COCCN3CCOCC3)cs2)c1. The highest BCUT2D eigenvalue weighted by molar-refractivity contribution is 7.13. The van der Waals surface area contributed by atoms with Crippen LogP contribution in [-0.4, -0.2) is 82.8 Å². The van der Waals surface area contributed by atoms with E-state index in [-0.39, 0.29) is 0 Å². The summed E-state index contributed by atoms with van der Waals surface area (Å²) in [5, 5.41) is 3.11. The molecular formula is C29H38N4O4S. The molecule has 3 heterocycles. The van der Waals surface area contributed by atoms with Gasteiger partial charge in [-0.15, -0.1) is 11.3 Å². The molecule has 8 nitrogen and oxygen atoms in total. The molecule has 0 unspecified atom stereocenters. The summed E-state index contributed by atoms with van der Waals surface area (Å²) in [6.07, 6.45) is 0. The van der Waals surface area contributed by atoms with Crippen molar-refractivity contribution < 1.29 is 18.9 Å². The molecule has 0 atom stereocenters. The van der Waals surface area contributed by atoms with Crippen LogP contribution in [0.5, 0.6) is 5.75 Å². The number of benzene rings is 2. The van der Waals surface area contributed by atoms with Gasteiger partial charge in [0.05, 0.1) is 52.4 Å². The lowest BCUT2D eigenvalue weighted by Gasteiger charge is -2.29. The Labute approximate surface area is 229 Å². The van der Waals surface area contributed by atoms with E-state index in [1.54, 1.807) is 18.4 Å². The Hall–Kier alpha value is -2.69. The van der Waals surface area contributed by atoms with Crippen LogP contribution in [0.1, 0.15) is 16.8 Å². The molecule has 1 aromatic heterocycles. The Balaban J connectivity index is 1.26. The zero-order valence-corrected chi connectivity index (χ0v) is 23.0. The monoisotopic (exact) mass is 538 g/mol. The molecule has 3 aromatic rings. The van der Waals surface area contributed by atoms with Gasteiger partial charge >= 0.3 is 0 Å². The van der Waals surface area contributed by atoms with Crippen LogP contribution in [0.3, 0.4) is 0 Å². The van der Waals surface area contributed by atoms with Crippen LogP contribution in [-0.2, 0) is 33.9 Å². The number of anilines is 2. The first kappa shape index (κ1) is 26.9. The molecule has 0 aliphatic carbocycles. The zero-order valence-electron chi connectivity index (χ0n) is 22.2. The van der Waals surface area contributed by atoms with E-state index in [1.807, 2.05) is 12.1 Å². The minimum absolute atomic E-state index is 0.528. The molecule has 0 radical (unpaired) electrons. The van der Waals surface area contributed by atoms with Crippen LogP contribution in [0.2, 0.25) is 0 Å². The first-order valence-electron chi connectivity index (χ1n) is 13.4. The van der Waals surface area contributed by atoms with Gasteiger partial charge in [0.25, 0.3) is 0 Å². The normalized spacial score (nSPS) is 16.5. The molecular weight excluding hydrogens is 500 g/mol. The number of hydrogen-bond donors (Lipinski definition) is 0. The number of morpholine rings is 2. The molecule has 2 aliphatic heterocycles. The average Bonchev–Trinajstić information content (AvgIpc) is 3.45. The van der Waals surface area contributed by atoms with E-state index >= 15 is 0 Å². The van der Waals surface area contributed by atoms with Gasteiger partial charge in [0.15, 0.2) is 5.13 Å². The van der Waals surface area contributed by atoms with Crippen molar-refractivity contribution in [2.75, 3.05) is 82.7 Å². The summed E-state index contributed by atoms with van der Waals surface area (Å²) in [5.41, 5.74) is 4.67. The molecule has 204 valence electrons. The van der Waals surface area contributed by atoms with E-state index in [0.717, 1.165) is 88.8 Å². The van der Waals surface area contributed by atoms with Gasteiger partial charge in [0.1, 0.15) is 5.75 Å². The van der Waals surface area contributed by atoms with Crippen LogP contribution < -0.4 is 14.5 Å². The Kier molecular flexibility index (Phi) is 9.85. The van der Waals surface area contributed by atoms with Gasteiger partial charge in [0.2, 0.25) is 0 Å². The molecule has 2 aliphatic rings. The molecule has 2 fully saturated rings. The van der Waals surface area contributed by atoms with Crippen LogP contribution in [0.15, 0.2) is 53.9 Å². The highest BCUT2D eigenvalue weighted by Gasteiger charge is 2.16. The minimum Gasteiger partial charge on any atom is -0.497 e. The van der Waals surface area contributed by atoms with Crippen molar-refractivity contribution in [3.8, 4) is 5.75 Å². The third kappa shape index (κ3) is 7.68. The fourth-order valence-corrected chi connectivity index (χ4v) is 5.59. The first-order valence-corrected chi connectivity index (χ1v) is 14.3. The summed E-state index contributed by atoms with van der Waals surface area (Å²) < 4.78 is 22.4. The maximum absolute atomic E-state index is 5.98. The number of methoxy groups -OCH3 is 1. The van der Waals surface area contributed by atoms with Gasteiger partial charge in [-0.1, -0.05) is 24.3 Å². The predicted octanol–water partition coefficient (Wildman–Crippen LogP) is 4.04. The lowest BCUT2D eigenvalue weighted by atomic mass is 10.1. The molecule has 2 aromatic carbocycles. The smallest absolute Gasteiger partial charge is 0.186 e. The van der Waals surface area contributed by atoms with Crippen LogP contribution in [0.25, 0.3) is 0 Å². The van der Waals surface area contributed by atoms with E-state index in [1.165, 1.54) is 16.8 Å². The average molecular weight is 539 g/mol. The molecule has 0 spiro atoms. The second-order valence-corrected chi connectivity index (χ2v) is 10.4. The van der Waals surface area contributed by atoms with Crippen LogP contribution >= 0.6 is 11.3 Å². The van der Waals surface area contributed by atoms with Crippen LogP contribution in [0, 0.1) is 0 Å². The maximum Gasteiger partial charge on any atom is 0.186 e. The summed E-state index contributed by atoms with van der Waals surface area (Å²) in [5.74, 6) is 0.866. The van der Waals surface area contributed by atoms with Gasteiger partial charge in [0, 0.05) is 56.9 Å². The largest absolute Gasteiger partial charge is 0.497 e. The third-order valence-corrected chi connectivity index (χ3v) is 7.83. The van der Waals surface area contributed by atoms with Crippen molar-refractivity contribution >= 4 is 22.2 Å². The van der Waals surface area contributed by atoms with E-state index in [0.29, 0.717) is 13.2 Å². The Morgan fingerprint density at radius 1 is 0.921 bits per heavy atom. The second-order valence-electron chi connectivity index (χ2n) is 9.60. The quantitative estimate of drug-likeness (QED) is 0.320. The molecule has 0 N–H and O–H groups in total. The molecule has 5 rings (SSSR count). The summed E-state index contributed by atoms with van der Waals surface area (Å²) in [7, 11) is 1.71. The number of hydrogen-bond acceptors (Lipinski definition) is 9. The zero-order chi connectivity index (χ0) is 26.0. The van der Waals surface area contributed by atoms with E-state index < -0.39 is 0 Å². The lowest BCUT2D eigenvalue weighted by Crippen LogP contribution is -2.38. The van der Waals surface area contributed by atoms with Crippen molar-refractivity contribution in [1.82, 2.24) is 9.88 Å². The summed E-state index contributed by atoms with van der Waals surface area (Å²) in [4.78, 5) is 12.1. The Morgan fingerprint density at radius 2 is 1.63 bits per heavy atom. The van der Waals surface area contributed by atoms with Crippen molar-refractivity contribution in [2.24, 2.45) is 0 Å². The third-order valence-electron chi connectivity index (χ3n) is 6.88. The predicted molar refractivity (Wildman–Crippen MR) is 151 cm³/mol. The highest BCUT2D eigenvalue weighted by Crippen LogP contribution is 2.27. The standard InChI is InChI=1S/C29H38N4O4S/c1-34-28-7-3-5-25(19-28)21-33(20-24-4-2-6-27(18-24)32-11-16-36-17-12-32)29-30-26(23-38-29)22-37-15-10-31-8-13-35-14-9-31/h2-7,18-19,23H,8-17,20-22H2,1H3. The second kappa shape index (κ2) is 13.9. The van der Waals surface area contributed by atoms with Crippen molar-refractivity contribution in [2.45, 2.75) is 19.7 Å². The van der Waals surface area contributed by atoms with Gasteiger partial charge < -0.3 is 28.7 Å². The summed E-state index contributed by atoms with van der Waals surface area (Å²) >= 11 is 1.67. The van der Waals surface area contributed by atoms with Crippen molar-refractivity contribution in [3.05, 3.63) is 70.7 Å². The molecule has 9 heteroatoms. The molecule has 2 saturated heterocycles. The van der Waals surface area contributed by atoms with Gasteiger partial charge in [-0.25, -0.2) is 4.98 Å². The molecule has 0 bridgehead atoms. The fourth-order valence-electron chi connectivity index (χ4n) is 4.78. The Morgan fingerprint density at radius 3 is 2.39 bits per heavy atom. The van der Waals surface area contributed by atoms with E-state index in [9.17, 15) is 0 Å². The number of thiazole rings is 1. The van der Waals surface area contributed by atoms with Crippen molar-refractivity contribution in [1.29, 1.82) is 0 Å². The van der Waals surface area contributed by atoms with Crippen LogP contribution in [0.4, 0.5) is 10.8 Å². The lowest BCUT2D eigenvalue weighted by molar-refractivity contribution is 0.0177. The highest BCUT2D eigenvalue weighted by atomic mass is 32.1. The summed E-state index contributed by atoms with van der Waals surface area (Å²) in [6.45, 7) is 10.7. The topological polar surface area (TPSA) is 59.5 Å². The number of rotatable bonds is 12. The number of ether oxygens (including phenoxy) is 4. The first-order chi connectivity index (χ1) is 18.8. The molecule has 0 saturated carbocycles. The van der Waals surface area contributed by atoms with Gasteiger partial charge in [-0.05, 0) is 35.4 Å². The fraction of sp³-hybridized carbons (Fsp3) is 0.483. The Bertz CT molecular complexity index is 1130. The number of aromatic nitrogens is 1. The van der Waals surface area contributed by atoms with Gasteiger partial charge in [-0.2, -0.15) is 0 Å². The molecule has 0 amide bonds. The van der Waals surface area contributed by atoms with E-state index in [2.05, 4.69) is 56.5 Å². The van der Waals surface area contributed by atoms with E-state index in [4.69, 9.17) is 23.9 Å².